The van der Waals surface area contributed by atoms with Gasteiger partial charge in [0.15, 0.2) is 17.3 Å². The summed E-state index contributed by atoms with van der Waals surface area (Å²) >= 11 is 0. The Morgan fingerprint density at radius 1 is 1.05 bits per heavy atom. The van der Waals surface area contributed by atoms with Gasteiger partial charge >= 0.3 is 0 Å². The number of hydrogen-bond acceptors (Lipinski definition) is 6. The summed E-state index contributed by atoms with van der Waals surface area (Å²) < 4.78 is 5.60. The number of phenolic OH excluding ortho intramolecular Hbond substituents is 4. The van der Waals surface area contributed by atoms with Gasteiger partial charge in [-0.3, -0.25) is 4.79 Å². The van der Waals surface area contributed by atoms with Crippen LogP contribution in [0.1, 0.15) is 28.4 Å². The summed E-state index contributed by atoms with van der Waals surface area (Å²) in [6.07, 6.45) is -0.686. The average molecular weight is 288 g/mol. The van der Waals surface area contributed by atoms with Gasteiger partial charge in [-0.2, -0.15) is 0 Å². The number of carbonyl (C=O) groups excluding carboxylic acids is 1. The number of carbonyl (C=O) groups is 1. The predicted molar refractivity (Wildman–Crippen MR) is 71.9 cm³/mol. The number of ketones is 1. The fourth-order valence-electron chi connectivity index (χ4n) is 2.36. The fourth-order valence-corrected chi connectivity index (χ4v) is 2.36. The van der Waals surface area contributed by atoms with Gasteiger partial charge in [-0.05, 0) is 17.7 Å². The second-order valence-corrected chi connectivity index (χ2v) is 4.79. The molecule has 2 aromatic carbocycles. The molecular weight excluding hydrogens is 276 g/mol. The molecular formula is C15H12O6. The molecule has 0 aliphatic carbocycles. The second-order valence-electron chi connectivity index (χ2n) is 4.79. The molecule has 0 spiro atoms. The van der Waals surface area contributed by atoms with Crippen molar-refractivity contribution in [2.45, 2.75) is 12.5 Å². The highest BCUT2D eigenvalue weighted by Crippen LogP contribution is 2.47. The Kier molecular flexibility index (Phi) is 2.86. The molecule has 0 aromatic heterocycles. The number of benzene rings is 2. The van der Waals surface area contributed by atoms with Crippen LogP contribution in [0.15, 0.2) is 30.3 Å². The van der Waals surface area contributed by atoms with Crippen molar-refractivity contribution in [2.75, 3.05) is 0 Å². The first kappa shape index (κ1) is 13.1. The van der Waals surface area contributed by atoms with Gasteiger partial charge in [0.25, 0.3) is 0 Å². The van der Waals surface area contributed by atoms with Crippen LogP contribution in [0.5, 0.6) is 28.7 Å². The molecule has 0 fully saturated rings. The highest BCUT2D eigenvalue weighted by Gasteiger charge is 2.32. The van der Waals surface area contributed by atoms with E-state index in [2.05, 4.69) is 0 Å². The molecule has 1 unspecified atom stereocenters. The SMILES string of the molecule is O=C1CC(c2cccc(O)c2)Oc2cc(O)c(O)c(O)c21. The Morgan fingerprint density at radius 3 is 2.52 bits per heavy atom. The summed E-state index contributed by atoms with van der Waals surface area (Å²) in [5.41, 5.74) is 0.447. The summed E-state index contributed by atoms with van der Waals surface area (Å²) in [5.74, 6) is -2.39. The van der Waals surface area contributed by atoms with Gasteiger partial charge in [0, 0.05) is 6.07 Å². The van der Waals surface area contributed by atoms with E-state index in [-0.39, 0.29) is 23.5 Å². The molecule has 0 bridgehead atoms. The van der Waals surface area contributed by atoms with Crippen molar-refractivity contribution in [1.82, 2.24) is 0 Å². The Bertz CT molecular complexity index is 737. The minimum Gasteiger partial charge on any atom is -0.508 e. The quantitative estimate of drug-likeness (QED) is 0.599. The van der Waals surface area contributed by atoms with Crippen molar-refractivity contribution >= 4 is 5.78 Å². The average Bonchev–Trinajstić information content (AvgIpc) is 2.44. The van der Waals surface area contributed by atoms with Crippen LogP contribution in [0.25, 0.3) is 0 Å². The Balaban J connectivity index is 2.05. The number of hydrogen-bond donors (Lipinski definition) is 4. The normalized spacial score (nSPS) is 17.1. The molecule has 21 heavy (non-hydrogen) atoms. The lowest BCUT2D eigenvalue weighted by Crippen LogP contribution is -2.20. The number of ether oxygens (including phenoxy) is 1. The van der Waals surface area contributed by atoms with Gasteiger partial charge in [0.05, 0.1) is 6.42 Å². The summed E-state index contributed by atoms with van der Waals surface area (Å²) in [7, 11) is 0. The van der Waals surface area contributed by atoms with Gasteiger partial charge in [0.2, 0.25) is 5.75 Å². The van der Waals surface area contributed by atoms with Crippen molar-refractivity contribution in [3.63, 3.8) is 0 Å². The molecule has 2 aromatic rings. The van der Waals surface area contributed by atoms with Crippen molar-refractivity contribution in [1.29, 1.82) is 0 Å². The summed E-state index contributed by atoms with van der Waals surface area (Å²) in [6.45, 7) is 0. The molecule has 0 saturated heterocycles. The summed E-state index contributed by atoms with van der Waals surface area (Å²) in [5, 5.41) is 38.2. The molecule has 4 N–H and O–H groups in total. The van der Waals surface area contributed by atoms with Crippen LogP contribution >= 0.6 is 0 Å². The molecule has 1 atom stereocenters. The number of aromatic hydroxyl groups is 4. The van der Waals surface area contributed by atoms with Crippen molar-refractivity contribution in [2.24, 2.45) is 0 Å². The lowest BCUT2D eigenvalue weighted by molar-refractivity contribution is 0.0843. The Labute approximate surface area is 119 Å². The van der Waals surface area contributed by atoms with E-state index in [1.807, 2.05) is 0 Å². The molecule has 108 valence electrons. The second kappa shape index (κ2) is 4.59. The molecule has 1 heterocycles. The standard InChI is InChI=1S/C15H12O6/c16-8-3-1-2-7(4-8)11-5-9(17)13-12(21-11)6-10(18)14(19)15(13)20/h1-4,6,11,16,18-20H,5H2. The molecule has 3 rings (SSSR count). The first-order valence-corrected chi connectivity index (χ1v) is 6.24. The maximum Gasteiger partial charge on any atom is 0.201 e. The Morgan fingerprint density at radius 2 is 1.81 bits per heavy atom. The van der Waals surface area contributed by atoms with Crippen LogP contribution in [0.2, 0.25) is 0 Å². The third-order valence-electron chi connectivity index (χ3n) is 3.38. The third-order valence-corrected chi connectivity index (χ3v) is 3.38. The lowest BCUT2D eigenvalue weighted by atomic mass is 9.95. The van der Waals surface area contributed by atoms with Gasteiger partial charge in [-0.1, -0.05) is 12.1 Å². The van der Waals surface area contributed by atoms with Gasteiger partial charge in [-0.15, -0.1) is 0 Å². The van der Waals surface area contributed by atoms with Crippen LogP contribution in [0.4, 0.5) is 0 Å². The summed E-state index contributed by atoms with van der Waals surface area (Å²) in [4.78, 5) is 12.1. The van der Waals surface area contributed by atoms with E-state index in [9.17, 15) is 25.2 Å². The van der Waals surface area contributed by atoms with Crippen LogP contribution < -0.4 is 4.74 Å². The smallest absolute Gasteiger partial charge is 0.201 e. The van der Waals surface area contributed by atoms with Crippen molar-refractivity contribution in [3.8, 4) is 28.7 Å². The van der Waals surface area contributed by atoms with E-state index in [1.165, 1.54) is 12.1 Å². The molecule has 1 aliphatic rings. The molecule has 6 heteroatoms. The van der Waals surface area contributed by atoms with E-state index in [1.54, 1.807) is 12.1 Å². The molecule has 0 saturated carbocycles. The van der Waals surface area contributed by atoms with E-state index >= 15 is 0 Å². The number of fused-ring (bicyclic) bond motifs is 1. The summed E-state index contributed by atoms with van der Waals surface area (Å²) in [6, 6.07) is 7.38. The van der Waals surface area contributed by atoms with E-state index in [0.717, 1.165) is 6.07 Å². The van der Waals surface area contributed by atoms with Crippen LogP contribution in [-0.2, 0) is 0 Å². The zero-order valence-electron chi connectivity index (χ0n) is 10.8. The first-order valence-electron chi connectivity index (χ1n) is 6.24. The van der Waals surface area contributed by atoms with Crippen molar-refractivity contribution < 1.29 is 30.0 Å². The van der Waals surface area contributed by atoms with E-state index in [0.29, 0.717) is 5.56 Å². The highest BCUT2D eigenvalue weighted by molar-refractivity contribution is 6.03. The maximum absolute atomic E-state index is 12.1. The van der Waals surface area contributed by atoms with Gasteiger partial charge in [0.1, 0.15) is 23.2 Å². The van der Waals surface area contributed by atoms with Gasteiger partial charge in [-0.25, -0.2) is 0 Å². The highest BCUT2D eigenvalue weighted by atomic mass is 16.5. The molecule has 6 nitrogen and oxygen atoms in total. The lowest BCUT2D eigenvalue weighted by Gasteiger charge is -2.26. The Hall–Kier alpha value is -2.89. The topological polar surface area (TPSA) is 107 Å². The minimum absolute atomic E-state index is 0.00704. The largest absolute Gasteiger partial charge is 0.508 e. The first-order chi connectivity index (χ1) is 9.97. The predicted octanol–water partition coefficient (Wildman–Crippen LogP) is 2.22. The van der Waals surface area contributed by atoms with E-state index in [4.69, 9.17) is 4.74 Å². The minimum atomic E-state index is -0.749. The third kappa shape index (κ3) is 2.10. The zero-order chi connectivity index (χ0) is 15.1. The molecule has 1 aliphatic heterocycles. The number of Topliss-reactive ketones (excluding diaryl/α,β-unsaturated/α-hetero) is 1. The number of rotatable bonds is 1. The monoisotopic (exact) mass is 288 g/mol. The van der Waals surface area contributed by atoms with Crippen LogP contribution in [0.3, 0.4) is 0 Å². The number of phenols is 4. The molecule has 0 radical (unpaired) electrons. The van der Waals surface area contributed by atoms with Gasteiger partial charge < -0.3 is 25.2 Å². The zero-order valence-corrected chi connectivity index (χ0v) is 10.8. The molecule has 0 amide bonds. The van der Waals surface area contributed by atoms with Crippen molar-refractivity contribution in [3.05, 3.63) is 41.5 Å². The fraction of sp³-hybridized carbons (Fsp3) is 0.133. The van der Waals surface area contributed by atoms with Crippen LogP contribution in [-0.4, -0.2) is 26.2 Å². The van der Waals surface area contributed by atoms with E-state index < -0.39 is 29.1 Å². The van der Waals surface area contributed by atoms with Crippen LogP contribution in [0, 0.1) is 0 Å². The maximum atomic E-state index is 12.1.